The van der Waals surface area contributed by atoms with E-state index in [4.69, 9.17) is 0 Å². The molecular weight excluding hydrogens is 384 g/mol. The lowest BCUT2D eigenvalue weighted by molar-refractivity contribution is 0.337. The van der Waals surface area contributed by atoms with E-state index in [2.05, 4.69) is 46.1 Å². The Labute approximate surface area is 166 Å². The summed E-state index contributed by atoms with van der Waals surface area (Å²) < 4.78 is 12.7. The van der Waals surface area contributed by atoms with Crippen LogP contribution in [0.5, 0.6) is 0 Å². The molecule has 5 rings (SSSR count). The standard InChI is InChI=1S/C17H18N8S.ClH/c1-2-14-15(22-26-21-14)9-12(1)10-24-8-7-19-17(24)16-11-25(23-20-16)13-3-5-18-6-4-13;/h1-2,7-9,11,13,18H,3-6,10H2;1H. The smallest absolute Gasteiger partial charge is 0.162 e. The van der Waals surface area contributed by atoms with Crippen molar-refractivity contribution in [3.8, 4) is 11.5 Å². The second kappa shape index (κ2) is 7.71. The number of rotatable bonds is 4. The van der Waals surface area contributed by atoms with Crippen LogP contribution in [0.2, 0.25) is 0 Å². The van der Waals surface area contributed by atoms with Crippen LogP contribution in [0, 0.1) is 0 Å². The fourth-order valence-corrected chi connectivity index (χ4v) is 3.94. The highest BCUT2D eigenvalue weighted by atomic mass is 35.5. The van der Waals surface area contributed by atoms with Crippen molar-refractivity contribution >= 4 is 35.2 Å². The van der Waals surface area contributed by atoms with Gasteiger partial charge in [0.2, 0.25) is 0 Å². The zero-order valence-electron chi connectivity index (χ0n) is 14.5. The van der Waals surface area contributed by atoms with Gasteiger partial charge in [0.25, 0.3) is 0 Å². The van der Waals surface area contributed by atoms with Gasteiger partial charge in [0.05, 0.1) is 24.0 Å². The molecule has 140 valence electrons. The second-order valence-corrected chi connectivity index (χ2v) is 7.06. The summed E-state index contributed by atoms with van der Waals surface area (Å²) in [5, 5.41) is 12.1. The first kappa shape index (κ1) is 18.0. The van der Waals surface area contributed by atoms with Gasteiger partial charge < -0.3 is 9.88 Å². The lowest BCUT2D eigenvalue weighted by atomic mass is 10.1. The van der Waals surface area contributed by atoms with E-state index in [-0.39, 0.29) is 12.4 Å². The molecule has 10 heteroatoms. The maximum Gasteiger partial charge on any atom is 0.162 e. The maximum atomic E-state index is 4.50. The van der Waals surface area contributed by atoms with E-state index in [0.717, 1.165) is 54.0 Å². The normalized spacial score (nSPS) is 15.1. The van der Waals surface area contributed by atoms with Crippen molar-refractivity contribution in [2.75, 3.05) is 13.1 Å². The molecule has 1 saturated heterocycles. The van der Waals surface area contributed by atoms with E-state index in [0.29, 0.717) is 12.6 Å². The predicted molar refractivity (Wildman–Crippen MR) is 106 cm³/mol. The summed E-state index contributed by atoms with van der Waals surface area (Å²) in [7, 11) is 0. The van der Waals surface area contributed by atoms with Crippen LogP contribution >= 0.6 is 24.1 Å². The van der Waals surface area contributed by atoms with Crippen LogP contribution < -0.4 is 5.32 Å². The minimum atomic E-state index is 0. The first-order chi connectivity index (χ1) is 12.9. The molecule has 1 aliphatic heterocycles. The molecule has 1 fully saturated rings. The Balaban J connectivity index is 0.00000180. The second-order valence-electron chi connectivity index (χ2n) is 6.53. The van der Waals surface area contributed by atoms with Gasteiger partial charge in [-0.2, -0.15) is 8.75 Å². The van der Waals surface area contributed by atoms with Crippen molar-refractivity contribution in [3.63, 3.8) is 0 Å². The molecular formula is C17H19ClN8S. The van der Waals surface area contributed by atoms with Gasteiger partial charge >= 0.3 is 0 Å². The van der Waals surface area contributed by atoms with E-state index in [1.807, 2.05) is 29.3 Å². The maximum absolute atomic E-state index is 4.50. The van der Waals surface area contributed by atoms with E-state index >= 15 is 0 Å². The van der Waals surface area contributed by atoms with Crippen LogP contribution in [-0.2, 0) is 6.54 Å². The number of fused-ring (bicyclic) bond motifs is 1. The molecule has 1 aliphatic rings. The molecule has 0 bridgehead atoms. The average Bonchev–Trinajstić information content (AvgIpc) is 3.42. The molecule has 4 aromatic rings. The van der Waals surface area contributed by atoms with Gasteiger partial charge in [-0.05, 0) is 43.6 Å². The summed E-state index contributed by atoms with van der Waals surface area (Å²) >= 11 is 1.24. The molecule has 0 atom stereocenters. The molecule has 1 aromatic carbocycles. The number of nitrogens with zero attached hydrogens (tertiary/aromatic N) is 7. The van der Waals surface area contributed by atoms with Crippen LogP contribution in [0.3, 0.4) is 0 Å². The molecule has 0 saturated carbocycles. The highest BCUT2D eigenvalue weighted by Gasteiger charge is 2.18. The van der Waals surface area contributed by atoms with Crippen LogP contribution in [0.15, 0.2) is 36.8 Å². The van der Waals surface area contributed by atoms with Crippen LogP contribution in [0.4, 0.5) is 0 Å². The predicted octanol–water partition coefficient (Wildman–Crippen LogP) is 2.54. The van der Waals surface area contributed by atoms with Gasteiger partial charge in [-0.3, -0.25) is 0 Å². The molecule has 3 aromatic heterocycles. The number of halogens is 1. The summed E-state index contributed by atoms with van der Waals surface area (Å²) in [6.45, 7) is 2.77. The summed E-state index contributed by atoms with van der Waals surface area (Å²) in [6.07, 6.45) is 7.96. The zero-order chi connectivity index (χ0) is 17.3. The van der Waals surface area contributed by atoms with Crippen molar-refractivity contribution in [1.29, 1.82) is 0 Å². The Morgan fingerprint density at radius 1 is 1.15 bits per heavy atom. The molecule has 1 N–H and O–H groups in total. The van der Waals surface area contributed by atoms with Crippen molar-refractivity contribution in [2.45, 2.75) is 25.4 Å². The number of hydrogen-bond donors (Lipinski definition) is 1. The molecule has 8 nitrogen and oxygen atoms in total. The summed E-state index contributed by atoms with van der Waals surface area (Å²) in [5.41, 5.74) is 3.85. The topological polar surface area (TPSA) is 86.3 Å². The van der Waals surface area contributed by atoms with Gasteiger partial charge in [0.1, 0.15) is 16.7 Å². The van der Waals surface area contributed by atoms with Crippen molar-refractivity contribution in [1.82, 2.24) is 38.6 Å². The molecule has 0 amide bonds. The van der Waals surface area contributed by atoms with Crippen molar-refractivity contribution in [2.24, 2.45) is 0 Å². The van der Waals surface area contributed by atoms with Crippen LogP contribution in [0.25, 0.3) is 22.6 Å². The van der Waals surface area contributed by atoms with E-state index in [1.54, 1.807) is 0 Å². The van der Waals surface area contributed by atoms with Gasteiger partial charge in [0, 0.05) is 18.9 Å². The number of imidazole rings is 1. The largest absolute Gasteiger partial charge is 0.325 e. The first-order valence-corrected chi connectivity index (χ1v) is 9.45. The minimum Gasteiger partial charge on any atom is -0.325 e. The average molecular weight is 403 g/mol. The van der Waals surface area contributed by atoms with Crippen LogP contribution in [-0.4, -0.2) is 46.4 Å². The van der Waals surface area contributed by atoms with Gasteiger partial charge in [-0.1, -0.05) is 11.3 Å². The van der Waals surface area contributed by atoms with E-state index in [1.165, 1.54) is 11.7 Å². The third-order valence-corrected chi connectivity index (χ3v) is 5.37. The molecule has 0 radical (unpaired) electrons. The Bertz CT molecular complexity index is 1030. The summed E-state index contributed by atoms with van der Waals surface area (Å²) in [5.74, 6) is 0.835. The highest BCUT2D eigenvalue weighted by Crippen LogP contribution is 2.22. The van der Waals surface area contributed by atoms with E-state index in [9.17, 15) is 0 Å². The Morgan fingerprint density at radius 2 is 2.00 bits per heavy atom. The van der Waals surface area contributed by atoms with Crippen molar-refractivity contribution in [3.05, 3.63) is 42.4 Å². The third kappa shape index (κ3) is 3.58. The summed E-state index contributed by atoms with van der Waals surface area (Å²) in [6, 6.07) is 6.59. The zero-order valence-corrected chi connectivity index (χ0v) is 16.2. The highest BCUT2D eigenvalue weighted by molar-refractivity contribution is 7.00. The molecule has 0 aliphatic carbocycles. The number of aromatic nitrogens is 7. The molecule has 0 unspecified atom stereocenters. The lowest BCUT2D eigenvalue weighted by Gasteiger charge is -2.22. The quantitative estimate of drug-likeness (QED) is 0.564. The third-order valence-electron chi connectivity index (χ3n) is 4.81. The van der Waals surface area contributed by atoms with Crippen LogP contribution in [0.1, 0.15) is 24.4 Å². The number of hydrogen-bond acceptors (Lipinski definition) is 7. The molecule has 4 heterocycles. The Morgan fingerprint density at radius 3 is 2.89 bits per heavy atom. The number of benzene rings is 1. The van der Waals surface area contributed by atoms with E-state index < -0.39 is 0 Å². The Kier molecular flexibility index (Phi) is 5.15. The van der Waals surface area contributed by atoms with Crippen molar-refractivity contribution < 1.29 is 0 Å². The fourth-order valence-electron chi connectivity index (χ4n) is 3.42. The fraction of sp³-hybridized carbons (Fsp3) is 0.353. The monoisotopic (exact) mass is 402 g/mol. The molecule has 27 heavy (non-hydrogen) atoms. The Hall–Kier alpha value is -2.36. The number of piperidine rings is 1. The first-order valence-electron chi connectivity index (χ1n) is 8.72. The van der Waals surface area contributed by atoms with Gasteiger partial charge in [-0.15, -0.1) is 17.5 Å². The minimum absolute atomic E-state index is 0. The lowest BCUT2D eigenvalue weighted by Crippen LogP contribution is -2.29. The molecule has 0 spiro atoms. The van der Waals surface area contributed by atoms with Gasteiger partial charge in [0.15, 0.2) is 5.82 Å². The van der Waals surface area contributed by atoms with Gasteiger partial charge in [-0.25, -0.2) is 9.67 Å². The SMILES string of the molecule is Cl.c1cn(Cc2ccc3nsnc3c2)c(-c2cn(C3CCNCC3)nn2)n1. The summed E-state index contributed by atoms with van der Waals surface area (Å²) in [4.78, 5) is 4.50. The number of nitrogens with one attached hydrogen (secondary N) is 1.